The van der Waals surface area contributed by atoms with Crippen LogP contribution in [0.5, 0.6) is 0 Å². The minimum atomic E-state index is 1.18. The predicted octanol–water partition coefficient (Wildman–Crippen LogP) is 14.7. The molecule has 0 aliphatic carbocycles. The summed E-state index contributed by atoms with van der Waals surface area (Å²) < 4.78 is 7.54. The van der Waals surface area contributed by atoms with Crippen molar-refractivity contribution in [3.05, 3.63) is 194 Å². The Labute approximate surface area is 321 Å². The summed E-state index contributed by atoms with van der Waals surface area (Å²) in [7, 11) is 0. The quantitative estimate of drug-likeness (QED) is 0.172. The van der Waals surface area contributed by atoms with Gasteiger partial charge in [-0.1, -0.05) is 127 Å². The number of hydrogen-bond donors (Lipinski definition) is 0. The standard InChI is InChI=1S/C52H32N2S/c1-2-12-33(13-3-1)39-16-6-9-19-46(39)54-49-27-23-37(30-44(49)45-28-34-14-4-5-15-35(34)31-50(45)54)36-22-26-48-43(29-36)40-17-7-10-20-47(40)53(48)38-24-25-42-41-18-8-11-21-51(41)55-52(42)32-38/h1-32H. The van der Waals surface area contributed by atoms with E-state index in [4.69, 9.17) is 0 Å². The fourth-order valence-corrected chi connectivity index (χ4v) is 10.1. The maximum absolute atomic E-state index is 2.47. The molecule has 3 aromatic heterocycles. The van der Waals surface area contributed by atoms with Gasteiger partial charge in [0.25, 0.3) is 0 Å². The summed E-state index contributed by atoms with van der Waals surface area (Å²) in [5.41, 5.74) is 12.1. The van der Waals surface area contributed by atoms with Crippen LogP contribution >= 0.6 is 11.3 Å². The Hall–Kier alpha value is -6.94. The van der Waals surface area contributed by atoms with Gasteiger partial charge in [-0.05, 0) is 94.2 Å². The first kappa shape index (κ1) is 30.5. The number of rotatable bonds is 4. The summed E-state index contributed by atoms with van der Waals surface area (Å²) in [6, 6.07) is 71.5. The van der Waals surface area contributed by atoms with Crippen LogP contribution < -0.4 is 0 Å². The maximum atomic E-state index is 2.47. The Bertz CT molecular complexity index is 3490. The molecule has 0 aliphatic heterocycles. The summed E-state index contributed by atoms with van der Waals surface area (Å²) in [6.07, 6.45) is 0. The molecule has 12 aromatic rings. The van der Waals surface area contributed by atoms with Gasteiger partial charge in [-0.2, -0.15) is 0 Å². The van der Waals surface area contributed by atoms with E-state index in [-0.39, 0.29) is 0 Å². The molecule has 3 heteroatoms. The lowest BCUT2D eigenvalue weighted by molar-refractivity contribution is 1.18. The highest BCUT2D eigenvalue weighted by Gasteiger charge is 2.19. The second-order valence-electron chi connectivity index (χ2n) is 14.5. The van der Waals surface area contributed by atoms with Crippen LogP contribution in [0.15, 0.2) is 194 Å². The second kappa shape index (κ2) is 11.8. The van der Waals surface area contributed by atoms with Crippen LogP contribution in [0.4, 0.5) is 0 Å². The molecular weight excluding hydrogens is 685 g/mol. The molecule has 0 saturated heterocycles. The molecule has 0 fully saturated rings. The van der Waals surface area contributed by atoms with E-state index in [9.17, 15) is 0 Å². The molecule has 0 spiro atoms. The fraction of sp³-hybridized carbons (Fsp3) is 0. The van der Waals surface area contributed by atoms with Crippen LogP contribution in [-0.2, 0) is 0 Å². The zero-order valence-corrected chi connectivity index (χ0v) is 30.6. The average Bonchev–Trinajstić information content (AvgIpc) is 3.89. The third kappa shape index (κ3) is 4.60. The van der Waals surface area contributed by atoms with Crippen molar-refractivity contribution in [3.63, 3.8) is 0 Å². The van der Waals surface area contributed by atoms with Crippen molar-refractivity contribution in [1.29, 1.82) is 0 Å². The van der Waals surface area contributed by atoms with Crippen molar-refractivity contribution in [1.82, 2.24) is 9.13 Å². The van der Waals surface area contributed by atoms with E-state index in [0.29, 0.717) is 0 Å². The minimum absolute atomic E-state index is 1.18. The van der Waals surface area contributed by atoms with E-state index < -0.39 is 0 Å². The number of para-hydroxylation sites is 2. The predicted molar refractivity (Wildman–Crippen MR) is 236 cm³/mol. The zero-order valence-electron chi connectivity index (χ0n) is 29.8. The van der Waals surface area contributed by atoms with Crippen LogP contribution in [0, 0.1) is 0 Å². The van der Waals surface area contributed by atoms with Crippen molar-refractivity contribution < 1.29 is 0 Å². The van der Waals surface area contributed by atoms with Crippen LogP contribution in [-0.4, -0.2) is 9.13 Å². The first-order valence-electron chi connectivity index (χ1n) is 18.8. The Morgan fingerprint density at radius 1 is 0.309 bits per heavy atom. The SMILES string of the molecule is c1ccc(-c2ccccc2-n2c3ccc(-c4ccc5c(c4)c4ccccc4n5-c4ccc5c(c4)sc4ccccc45)cc3c3cc4ccccc4cc32)cc1. The number of nitrogens with zero attached hydrogens (tertiary/aromatic N) is 2. The number of benzene rings is 9. The summed E-state index contributed by atoms with van der Waals surface area (Å²) in [5.74, 6) is 0. The molecule has 0 bridgehead atoms. The second-order valence-corrected chi connectivity index (χ2v) is 15.6. The zero-order chi connectivity index (χ0) is 36.0. The van der Waals surface area contributed by atoms with E-state index in [1.54, 1.807) is 0 Å². The van der Waals surface area contributed by atoms with Gasteiger partial charge in [0, 0.05) is 53.0 Å². The lowest BCUT2D eigenvalue weighted by Crippen LogP contribution is -1.97. The largest absolute Gasteiger partial charge is 0.309 e. The fourth-order valence-electron chi connectivity index (χ4n) is 8.96. The number of fused-ring (bicyclic) bond motifs is 10. The molecule has 3 heterocycles. The molecule has 0 unspecified atom stereocenters. The molecule has 0 N–H and O–H groups in total. The summed E-state index contributed by atoms with van der Waals surface area (Å²) in [6.45, 7) is 0. The van der Waals surface area contributed by atoms with Gasteiger partial charge < -0.3 is 9.13 Å². The maximum Gasteiger partial charge on any atom is 0.0547 e. The highest BCUT2D eigenvalue weighted by molar-refractivity contribution is 7.25. The molecule has 0 aliphatic rings. The Morgan fingerprint density at radius 3 is 1.75 bits per heavy atom. The van der Waals surface area contributed by atoms with Crippen molar-refractivity contribution in [2.75, 3.05) is 0 Å². The highest BCUT2D eigenvalue weighted by Crippen LogP contribution is 2.42. The van der Waals surface area contributed by atoms with E-state index in [2.05, 4.69) is 203 Å². The lowest BCUT2D eigenvalue weighted by atomic mass is 10.00. The van der Waals surface area contributed by atoms with E-state index in [1.165, 1.54) is 108 Å². The Kier molecular flexibility index (Phi) is 6.54. The van der Waals surface area contributed by atoms with Gasteiger partial charge >= 0.3 is 0 Å². The van der Waals surface area contributed by atoms with Gasteiger partial charge in [0.2, 0.25) is 0 Å². The van der Waals surface area contributed by atoms with Gasteiger partial charge in [-0.25, -0.2) is 0 Å². The lowest BCUT2D eigenvalue weighted by Gasteiger charge is -2.14. The van der Waals surface area contributed by atoms with Gasteiger partial charge in [0.05, 0.1) is 27.8 Å². The smallest absolute Gasteiger partial charge is 0.0547 e. The summed E-state index contributed by atoms with van der Waals surface area (Å²) in [4.78, 5) is 0. The normalized spacial score (nSPS) is 12.0. The number of thiophene rings is 1. The van der Waals surface area contributed by atoms with Crippen LogP contribution in [0.3, 0.4) is 0 Å². The Morgan fingerprint density at radius 2 is 0.909 bits per heavy atom. The van der Waals surface area contributed by atoms with Crippen LogP contribution in [0.25, 0.3) is 108 Å². The van der Waals surface area contributed by atoms with Crippen LogP contribution in [0.1, 0.15) is 0 Å². The molecule has 2 nitrogen and oxygen atoms in total. The van der Waals surface area contributed by atoms with Crippen molar-refractivity contribution in [2.45, 2.75) is 0 Å². The number of hydrogen-bond acceptors (Lipinski definition) is 1. The van der Waals surface area contributed by atoms with Crippen molar-refractivity contribution in [2.24, 2.45) is 0 Å². The third-order valence-corrected chi connectivity index (χ3v) is 12.6. The van der Waals surface area contributed by atoms with Gasteiger partial charge in [0.1, 0.15) is 0 Å². The molecule has 9 aromatic carbocycles. The molecule has 55 heavy (non-hydrogen) atoms. The van der Waals surface area contributed by atoms with Crippen molar-refractivity contribution in [3.8, 4) is 33.6 Å². The number of aromatic nitrogens is 2. The average molecular weight is 717 g/mol. The molecule has 12 rings (SSSR count). The topological polar surface area (TPSA) is 9.86 Å². The third-order valence-electron chi connectivity index (χ3n) is 11.5. The van der Waals surface area contributed by atoms with Gasteiger partial charge in [-0.3, -0.25) is 0 Å². The van der Waals surface area contributed by atoms with Crippen LogP contribution in [0.2, 0.25) is 0 Å². The molecule has 0 atom stereocenters. The van der Waals surface area contributed by atoms with E-state index >= 15 is 0 Å². The summed E-state index contributed by atoms with van der Waals surface area (Å²) >= 11 is 1.87. The molecule has 256 valence electrons. The van der Waals surface area contributed by atoms with Crippen molar-refractivity contribution >= 4 is 85.9 Å². The van der Waals surface area contributed by atoms with Gasteiger partial charge in [-0.15, -0.1) is 11.3 Å². The monoisotopic (exact) mass is 716 g/mol. The van der Waals surface area contributed by atoms with E-state index in [0.717, 1.165) is 0 Å². The summed E-state index contributed by atoms with van der Waals surface area (Å²) in [5, 5.41) is 10.2. The molecular formula is C52H32N2S. The minimum Gasteiger partial charge on any atom is -0.309 e. The molecule has 0 amide bonds. The Balaban J connectivity index is 1.06. The van der Waals surface area contributed by atoms with Gasteiger partial charge in [0.15, 0.2) is 0 Å². The highest BCUT2D eigenvalue weighted by atomic mass is 32.1. The first-order valence-corrected chi connectivity index (χ1v) is 19.7. The molecule has 0 saturated carbocycles. The molecule has 0 radical (unpaired) electrons. The van der Waals surface area contributed by atoms with E-state index in [1.807, 2.05) is 11.3 Å². The first-order chi connectivity index (χ1) is 27.3.